The summed E-state index contributed by atoms with van der Waals surface area (Å²) in [4.78, 5) is 46.0. The third-order valence-electron chi connectivity index (χ3n) is 7.16. The number of thioether (sulfide) groups is 1. The number of thiazole rings is 1. The summed E-state index contributed by atoms with van der Waals surface area (Å²) >= 11 is 3.22. The van der Waals surface area contributed by atoms with Crippen LogP contribution in [0.2, 0.25) is 0 Å². The molecule has 3 atom stereocenters. The summed E-state index contributed by atoms with van der Waals surface area (Å²) in [6, 6.07) is 6.30. The highest BCUT2D eigenvalue weighted by Crippen LogP contribution is 2.32. The normalized spacial score (nSPS) is 18.0. The number of hydrogen-bond acceptors (Lipinski definition) is 8. The molecular formula is C29H43N5O4S2. The molecule has 1 aromatic heterocycles. The first-order valence-corrected chi connectivity index (χ1v) is 15.8. The number of hydrogen-bond donors (Lipinski definition) is 4. The molecule has 2 heterocycles. The van der Waals surface area contributed by atoms with Crippen LogP contribution in [0, 0.1) is 6.92 Å². The highest BCUT2D eigenvalue weighted by molar-refractivity contribution is 8.00. The van der Waals surface area contributed by atoms with Crippen LogP contribution < -0.4 is 16.4 Å². The monoisotopic (exact) mass is 589 g/mol. The van der Waals surface area contributed by atoms with Gasteiger partial charge in [0.05, 0.1) is 22.2 Å². The second-order valence-electron chi connectivity index (χ2n) is 10.9. The molecule has 0 saturated carbocycles. The Bertz CT molecular complexity index is 1140. The predicted octanol–water partition coefficient (Wildman–Crippen LogP) is 3.23. The lowest BCUT2D eigenvalue weighted by atomic mass is 10.0. The van der Waals surface area contributed by atoms with E-state index in [1.165, 1.54) is 11.8 Å². The Labute approximate surface area is 245 Å². The van der Waals surface area contributed by atoms with Gasteiger partial charge in [-0.05, 0) is 57.0 Å². The Morgan fingerprint density at radius 2 is 1.90 bits per heavy atom. The molecule has 1 fully saturated rings. The minimum absolute atomic E-state index is 0.0513. The van der Waals surface area contributed by atoms with E-state index < -0.39 is 22.9 Å². The summed E-state index contributed by atoms with van der Waals surface area (Å²) in [6.07, 6.45) is 3.48. The van der Waals surface area contributed by atoms with E-state index in [4.69, 9.17) is 5.73 Å². The van der Waals surface area contributed by atoms with E-state index in [0.29, 0.717) is 13.1 Å². The van der Waals surface area contributed by atoms with Crippen LogP contribution >= 0.6 is 23.1 Å². The molecule has 2 aromatic rings. The van der Waals surface area contributed by atoms with Crippen LogP contribution in [0.4, 0.5) is 0 Å². The van der Waals surface area contributed by atoms with E-state index in [-0.39, 0.29) is 30.7 Å². The smallest absolute Gasteiger partial charge is 0.247 e. The maximum absolute atomic E-state index is 13.8. The van der Waals surface area contributed by atoms with Gasteiger partial charge >= 0.3 is 0 Å². The van der Waals surface area contributed by atoms with Crippen LogP contribution in [-0.2, 0) is 20.9 Å². The third kappa shape index (κ3) is 8.76. The Kier molecular flexibility index (Phi) is 12.0. The van der Waals surface area contributed by atoms with Crippen molar-refractivity contribution >= 4 is 40.8 Å². The van der Waals surface area contributed by atoms with Crippen LogP contribution in [0.25, 0.3) is 10.4 Å². The van der Waals surface area contributed by atoms with Crippen LogP contribution in [0.3, 0.4) is 0 Å². The maximum atomic E-state index is 13.8. The fraction of sp³-hybridized carbons (Fsp3) is 0.586. The van der Waals surface area contributed by atoms with Gasteiger partial charge < -0.3 is 26.4 Å². The number of amides is 3. The lowest BCUT2D eigenvalue weighted by Gasteiger charge is -2.37. The standard InChI is InChI=1S/C29H43N5O4S2/c1-19-25(39-18-32-19)22-11-9-21(10-12-22)16-31-27(37)24-15-23(36)17-34(24)28(38)26(33-20(2)35)29(3,4)40-14-8-6-5-7-13-30/h9-12,18,23-24,26,36H,5-8,13-17,30H2,1-4H3,(H,31,37)(H,33,35)/t23-,24+,26-/m1/s1. The number of aromatic nitrogens is 1. The summed E-state index contributed by atoms with van der Waals surface area (Å²) in [6.45, 7) is 8.28. The topological polar surface area (TPSA) is 138 Å². The fourth-order valence-corrected chi connectivity index (χ4v) is 6.90. The first-order valence-electron chi connectivity index (χ1n) is 13.9. The Hall–Kier alpha value is -2.47. The van der Waals surface area contributed by atoms with Crippen LogP contribution in [0.1, 0.15) is 64.1 Å². The van der Waals surface area contributed by atoms with Gasteiger partial charge in [0.2, 0.25) is 17.7 Å². The fourth-order valence-electron chi connectivity index (χ4n) is 4.89. The lowest BCUT2D eigenvalue weighted by Crippen LogP contribution is -2.59. The summed E-state index contributed by atoms with van der Waals surface area (Å²) in [5.41, 5.74) is 10.4. The Balaban J connectivity index is 1.64. The van der Waals surface area contributed by atoms with Gasteiger partial charge in [-0.15, -0.1) is 11.3 Å². The number of unbranched alkanes of at least 4 members (excludes halogenated alkanes) is 3. The number of likely N-dealkylation sites (tertiary alicyclic amines) is 1. The van der Waals surface area contributed by atoms with Gasteiger partial charge in [-0.2, -0.15) is 11.8 Å². The molecule has 1 aliphatic heterocycles. The zero-order valence-corrected chi connectivity index (χ0v) is 25.6. The summed E-state index contributed by atoms with van der Waals surface area (Å²) < 4.78 is -0.608. The van der Waals surface area contributed by atoms with Crippen molar-refractivity contribution < 1.29 is 19.5 Å². The van der Waals surface area contributed by atoms with E-state index in [0.717, 1.165) is 53.1 Å². The summed E-state index contributed by atoms with van der Waals surface area (Å²) in [7, 11) is 0. The molecule has 11 heteroatoms. The van der Waals surface area contributed by atoms with Crippen LogP contribution in [-0.4, -0.2) is 74.5 Å². The highest BCUT2D eigenvalue weighted by Gasteiger charge is 2.45. The third-order valence-corrected chi connectivity index (χ3v) is 9.61. The molecule has 1 saturated heterocycles. The lowest BCUT2D eigenvalue weighted by molar-refractivity contribution is -0.142. The zero-order valence-electron chi connectivity index (χ0n) is 23.9. The van der Waals surface area contributed by atoms with Gasteiger partial charge in [0.25, 0.3) is 0 Å². The van der Waals surface area contributed by atoms with Gasteiger partial charge in [0.15, 0.2) is 0 Å². The molecule has 40 heavy (non-hydrogen) atoms. The summed E-state index contributed by atoms with van der Waals surface area (Å²) in [5, 5.41) is 16.2. The number of aliphatic hydroxyl groups is 1. The molecule has 0 aliphatic carbocycles. The molecule has 0 unspecified atom stereocenters. The van der Waals surface area contributed by atoms with Crippen molar-refractivity contribution in [1.29, 1.82) is 0 Å². The average Bonchev–Trinajstić information content (AvgIpc) is 3.53. The van der Waals surface area contributed by atoms with E-state index in [9.17, 15) is 19.5 Å². The molecule has 3 rings (SSSR count). The van der Waals surface area contributed by atoms with E-state index in [1.807, 2.05) is 50.5 Å². The molecule has 0 spiro atoms. The second kappa shape index (κ2) is 15.0. The van der Waals surface area contributed by atoms with E-state index in [1.54, 1.807) is 23.1 Å². The van der Waals surface area contributed by atoms with Gasteiger partial charge in [0, 0.05) is 31.2 Å². The van der Waals surface area contributed by atoms with Crippen molar-refractivity contribution in [3.05, 3.63) is 41.0 Å². The number of nitrogens with zero attached hydrogens (tertiary/aromatic N) is 2. The van der Waals surface area contributed by atoms with Crippen LogP contribution in [0.15, 0.2) is 29.8 Å². The number of aryl methyl sites for hydroxylation is 1. The maximum Gasteiger partial charge on any atom is 0.247 e. The molecule has 3 amide bonds. The molecule has 220 valence electrons. The number of nitrogens with two attached hydrogens (primary N) is 1. The molecule has 0 radical (unpaired) electrons. The SMILES string of the molecule is CC(=O)N[C@H](C(=O)N1C[C@H](O)C[C@H]1C(=O)NCc1ccc(-c2scnc2C)cc1)C(C)(C)SCCCCCCN. The summed E-state index contributed by atoms with van der Waals surface area (Å²) in [5.74, 6) is -0.141. The largest absolute Gasteiger partial charge is 0.391 e. The van der Waals surface area contributed by atoms with Gasteiger partial charge in [-0.3, -0.25) is 14.4 Å². The molecule has 5 N–H and O–H groups in total. The van der Waals surface area contributed by atoms with Gasteiger partial charge in [0.1, 0.15) is 12.1 Å². The Morgan fingerprint density at radius 3 is 2.52 bits per heavy atom. The first-order chi connectivity index (χ1) is 19.0. The van der Waals surface area contributed by atoms with Crippen molar-refractivity contribution in [3.63, 3.8) is 0 Å². The highest BCUT2D eigenvalue weighted by atomic mass is 32.2. The van der Waals surface area contributed by atoms with Gasteiger partial charge in [-0.1, -0.05) is 37.1 Å². The number of β-amino-alcohol motifs (C(OH)–C–C–N with tert-alkyl or cyclic N) is 1. The minimum atomic E-state index is -0.831. The first kappa shape index (κ1) is 32.0. The minimum Gasteiger partial charge on any atom is -0.391 e. The molecule has 1 aliphatic rings. The number of nitrogens with one attached hydrogen (secondary N) is 2. The quantitative estimate of drug-likeness (QED) is 0.248. The number of benzene rings is 1. The Morgan fingerprint density at radius 1 is 1.20 bits per heavy atom. The number of carbonyl (C=O) groups is 3. The van der Waals surface area contributed by atoms with Gasteiger partial charge in [-0.25, -0.2) is 4.98 Å². The van der Waals surface area contributed by atoms with Crippen molar-refractivity contribution in [2.45, 2.75) is 89.3 Å². The number of carbonyl (C=O) groups excluding carboxylic acids is 3. The van der Waals surface area contributed by atoms with Crippen LogP contribution in [0.5, 0.6) is 0 Å². The van der Waals surface area contributed by atoms with Crippen molar-refractivity contribution in [2.24, 2.45) is 5.73 Å². The number of aliphatic hydroxyl groups excluding tert-OH is 1. The number of rotatable bonds is 14. The molecular weight excluding hydrogens is 546 g/mol. The molecule has 9 nitrogen and oxygen atoms in total. The van der Waals surface area contributed by atoms with Crippen molar-refractivity contribution in [2.75, 3.05) is 18.8 Å². The average molecular weight is 590 g/mol. The van der Waals surface area contributed by atoms with E-state index >= 15 is 0 Å². The van der Waals surface area contributed by atoms with Crippen molar-refractivity contribution in [3.8, 4) is 10.4 Å². The molecule has 1 aromatic carbocycles. The van der Waals surface area contributed by atoms with Crippen molar-refractivity contribution in [1.82, 2.24) is 20.5 Å². The second-order valence-corrected chi connectivity index (χ2v) is 13.5. The zero-order chi connectivity index (χ0) is 29.3. The molecule has 0 bridgehead atoms. The van der Waals surface area contributed by atoms with E-state index in [2.05, 4.69) is 15.6 Å². The predicted molar refractivity (Wildman–Crippen MR) is 162 cm³/mol.